The fourth-order valence-electron chi connectivity index (χ4n) is 10.9. The first-order valence-electron chi connectivity index (χ1n) is 28.1. The number of likely N-dealkylation sites (tertiary alicyclic amines) is 2. The van der Waals surface area contributed by atoms with Crippen molar-refractivity contribution in [2.75, 3.05) is 62.2 Å². The van der Waals surface area contributed by atoms with E-state index in [4.69, 9.17) is 52.6 Å². The van der Waals surface area contributed by atoms with Crippen molar-refractivity contribution in [1.82, 2.24) is 35.5 Å². The molecule has 0 saturated carbocycles. The lowest BCUT2D eigenvalue weighted by Crippen LogP contribution is -2.57. The van der Waals surface area contributed by atoms with Crippen LogP contribution in [0.1, 0.15) is 71.1 Å². The zero-order chi connectivity index (χ0) is 59.8. The SMILES string of the molecule is Cc1ccc2[nH]ncc2c1-c1cc2c(cc1Cl)N(CC1CN(C(=O)OC(C)(C)C)C1)C(=O)[C@H](CCN)O2.Cc1ccc2[nH]ncc2c1-c1cc2c(cc1Cl)N(CC1CN(C(=O)OC(C)(C)C)C1)C(=O)[C@H](CCNC(=O)OCc1ccccc1)O2. The van der Waals surface area contributed by atoms with Gasteiger partial charge in [-0.1, -0.05) is 65.7 Å². The van der Waals surface area contributed by atoms with Crippen molar-refractivity contribution in [1.29, 1.82) is 0 Å². The number of aromatic nitrogens is 4. The minimum Gasteiger partial charge on any atom is -0.478 e. The van der Waals surface area contributed by atoms with Crippen molar-refractivity contribution in [3.63, 3.8) is 0 Å². The first-order chi connectivity index (χ1) is 40.0. The van der Waals surface area contributed by atoms with E-state index >= 15 is 0 Å². The lowest BCUT2D eigenvalue weighted by atomic mass is 9.95. The van der Waals surface area contributed by atoms with E-state index in [0.29, 0.717) is 85.2 Å². The molecule has 2 aromatic heterocycles. The van der Waals surface area contributed by atoms with Crippen molar-refractivity contribution in [2.24, 2.45) is 17.6 Å². The fraction of sp³-hybridized carbons (Fsp3) is 0.403. The van der Waals surface area contributed by atoms with Crippen molar-refractivity contribution in [2.45, 2.75) is 98.2 Å². The number of H-pyrrole nitrogens is 2. The molecule has 0 unspecified atom stereocenters. The van der Waals surface area contributed by atoms with Crippen LogP contribution in [0.25, 0.3) is 44.1 Å². The zero-order valence-electron chi connectivity index (χ0n) is 48.3. The maximum absolute atomic E-state index is 13.9. The summed E-state index contributed by atoms with van der Waals surface area (Å²) >= 11 is 13.8. The molecule has 11 rings (SSSR count). The molecular formula is C62H70Cl2N10O10. The lowest BCUT2D eigenvalue weighted by Gasteiger charge is -2.43. The molecular weight excluding hydrogens is 1120 g/mol. The quantitative estimate of drug-likeness (QED) is 0.0787. The van der Waals surface area contributed by atoms with E-state index in [1.54, 1.807) is 44.1 Å². The number of aryl methyl sites for hydroxylation is 2. The number of halogens is 2. The molecule has 2 fully saturated rings. The first-order valence-corrected chi connectivity index (χ1v) is 28.9. The number of hydrogen-bond donors (Lipinski definition) is 4. The maximum Gasteiger partial charge on any atom is 0.410 e. The van der Waals surface area contributed by atoms with Gasteiger partial charge in [0.2, 0.25) is 0 Å². The highest BCUT2D eigenvalue weighted by atomic mass is 35.5. The molecule has 5 N–H and O–H groups in total. The average Bonchev–Trinajstić information content (AvgIpc) is 1.18. The Morgan fingerprint density at radius 1 is 0.667 bits per heavy atom. The fourth-order valence-corrected chi connectivity index (χ4v) is 11.4. The Hall–Kier alpha value is -8.07. The normalized spacial score (nSPS) is 17.1. The van der Waals surface area contributed by atoms with Gasteiger partial charge in [0.1, 0.15) is 29.3 Å². The Labute approximate surface area is 497 Å². The van der Waals surface area contributed by atoms with Gasteiger partial charge in [-0.15, -0.1) is 0 Å². The van der Waals surface area contributed by atoms with Crippen molar-refractivity contribution in [3.8, 4) is 33.8 Å². The largest absolute Gasteiger partial charge is 0.478 e. The Kier molecular flexibility index (Phi) is 17.1. The molecule has 2 atom stereocenters. The third-order valence-corrected chi connectivity index (χ3v) is 15.5. The summed E-state index contributed by atoms with van der Waals surface area (Å²) in [5.74, 6) is 0.839. The van der Waals surface area contributed by atoms with Crippen LogP contribution in [-0.2, 0) is 30.4 Å². The van der Waals surface area contributed by atoms with Crippen LogP contribution in [0.3, 0.4) is 0 Å². The van der Waals surface area contributed by atoms with Gasteiger partial charge < -0.3 is 54.3 Å². The highest BCUT2D eigenvalue weighted by Gasteiger charge is 2.43. The second-order valence-electron chi connectivity index (χ2n) is 23.7. The van der Waals surface area contributed by atoms with Gasteiger partial charge in [0.05, 0.1) is 44.8 Å². The van der Waals surface area contributed by atoms with Crippen LogP contribution in [0, 0.1) is 25.7 Å². The summed E-state index contributed by atoms with van der Waals surface area (Å²) in [6, 6.07) is 24.7. The number of benzene rings is 5. The minimum atomic E-state index is -0.862. The van der Waals surface area contributed by atoms with Gasteiger partial charge in [0.25, 0.3) is 11.8 Å². The van der Waals surface area contributed by atoms with E-state index in [-0.39, 0.29) is 55.4 Å². The molecule has 0 aliphatic carbocycles. The van der Waals surface area contributed by atoms with E-state index in [1.165, 1.54) is 0 Å². The van der Waals surface area contributed by atoms with Crippen molar-refractivity contribution < 1.29 is 47.7 Å². The van der Waals surface area contributed by atoms with Gasteiger partial charge in [-0.3, -0.25) is 19.8 Å². The second kappa shape index (κ2) is 24.3. The molecule has 2 saturated heterocycles. The number of nitrogens with zero attached hydrogens (tertiary/aromatic N) is 6. The summed E-state index contributed by atoms with van der Waals surface area (Å²) in [7, 11) is 0. The smallest absolute Gasteiger partial charge is 0.410 e. The monoisotopic (exact) mass is 1180 g/mol. The first kappa shape index (κ1) is 59.1. The predicted octanol–water partition coefficient (Wildman–Crippen LogP) is 11.0. The molecule has 7 aromatic rings. The van der Waals surface area contributed by atoms with Gasteiger partial charge in [-0.2, -0.15) is 10.2 Å². The number of alkyl carbamates (subject to hydrolysis) is 1. The van der Waals surface area contributed by atoms with Crippen LogP contribution in [0.4, 0.5) is 25.8 Å². The van der Waals surface area contributed by atoms with Gasteiger partial charge in [-0.25, -0.2) is 14.4 Å². The molecule has 5 amide bonds. The van der Waals surface area contributed by atoms with Crippen LogP contribution in [0.5, 0.6) is 11.5 Å². The van der Waals surface area contributed by atoms with Gasteiger partial charge in [-0.05, 0) is 126 Å². The maximum atomic E-state index is 13.9. The number of nitrogens with one attached hydrogen (secondary N) is 3. The predicted molar refractivity (Wildman–Crippen MR) is 322 cm³/mol. The van der Waals surface area contributed by atoms with Crippen LogP contribution in [0.15, 0.2) is 91.3 Å². The van der Waals surface area contributed by atoms with E-state index in [9.17, 15) is 24.0 Å². The van der Waals surface area contributed by atoms with Crippen molar-refractivity contribution >= 4 is 86.5 Å². The van der Waals surface area contributed by atoms with E-state index in [2.05, 4.69) is 25.7 Å². The van der Waals surface area contributed by atoms with Crippen LogP contribution >= 0.6 is 23.2 Å². The minimum absolute atomic E-state index is 0.0320. The molecule has 0 spiro atoms. The summed E-state index contributed by atoms with van der Waals surface area (Å²) in [5.41, 5.74) is 14.0. The molecule has 84 heavy (non-hydrogen) atoms. The molecule has 5 aromatic carbocycles. The second-order valence-corrected chi connectivity index (χ2v) is 24.6. The van der Waals surface area contributed by atoms with Crippen LogP contribution in [-0.4, -0.2) is 136 Å². The summed E-state index contributed by atoms with van der Waals surface area (Å²) in [5, 5.41) is 20.0. The highest BCUT2D eigenvalue weighted by Crippen LogP contribution is 2.47. The number of carbonyl (C=O) groups excluding carboxylic acids is 5. The summed E-state index contributed by atoms with van der Waals surface area (Å²) < 4.78 is 28.8. The molecule has 6 heterocycles. The van der Waals surface area contributed by atoms with E-state index < -0.39 is 29.5 Å². The van der Waals surface area contributed by atoms with E-state index in [1.807, 2.05) is 122 Å². The van der Waals surface area contributed by atoms with Crippen LogP contribution in [0.2, 0.25) is 10.0 Å². The highest BCUT2D eigenvalue weighted by molar-refractivity contribution is 6.35. The third-order valence-electron chi connectivity index (χ3n) is 14.9. The number of fused-ring (bicyclic) bond motifs is 4. The van der Waals surface area contributed by atoms with E-state index in [0.717, 1.165) is 60.8 Å². The number of ether oxygens (including phenoxy) is 5. The zero-order valence-corrected chi connectivity index (χ0v) is 49.9. The van der Waals surface area contributed by atoms with Crippen molar-refractivity contribution in [3.05, 3.63) is 118 Å². The average molecular weight is 1190 g/mol. The molecule has 0 bridgehead atoms. The molecule has 0 radical (unpaired) electrons. The van der Waals surface area contributed by atoms with Gasteiger partial charge >= 0.3 is 18.3 Å². The summed E-state index contributed by atoms with van der Waals surface area (Å²) in [4.78, 5) is 71.3. The van der Waals surface area contributed by atoms with Crippen LogP contribution < -0.4 is 30.3 Å². The molecule has 22 heteroatoms. The summed E-state index contributed by atoms with van der Waals surface area (Å²) in [6.07, 6.45) is 1.34. The summed E-state index contributed by atoms with van der Waals surface area (Å²) in [6.45, 7) is 18.4. The number of amides is 5. The lowest BCUT2D eigenvalue weighted by molar-refractivity contribution is -0.127. The standard InChI is InChI=1S/C35H38ClN5O6.C27H32ClN5O4/c1-21-10-11-27-25(16-38-39-27)31(21)24-14-30-28(15-26(24)36)41(19-23-17-40(18-23)34(44)47-35(2,3)4)32(42)29(46-30)12-13-37-33(43)45-20-22-8-6-5-7-9-22;1-15-5-6-20-18(11-30-31-20)24(15)17-9-23-21(10-19(17)28)33(25(34)22(36-23)7-8-29)14-16-12-32(13-16)26(35)37-27(2,3)4/h5-11,14-16,23,29H,12-13,17-20H2,1-4H3,(H,37,43)(H,38,39);5-6,9-11,16,22H,7-8,12-14,29H2,1-4H3,(H,30,31)/t29-;22-/m00/s1. The Morgan fingerprint density at radius 3 is 1.56 bits per heavy atom. The molecule has 4 aliphatic rings. The Bertz CT molecular complexity index is 3620. The number of rotatable bonds is 13. The van der Waals surface area contributed by atoms with Gasteiger partial charge in [0, 0.05) is 92.4 Å². The molecule has 4 aliphatic heterocycles. The number of anilines is 2. The Balaban J connectivity index is 0.000000193. The number of carbonyl (C=O) groups is 5. The topological polar surface area (TPSA) is 240 Å². The Morgan fingerprint density at radius 2 is 1.12 bits per heavy atom. The molecule has 442 valence electrons. The number of nitrogens with two attached hydrogens (primary N) is 1. The molecule has 20 nitrogen and oxygen atoms in total. The number of hydrogen-bond acceptors (Lipinski definition) is 13. The number of aromatic amines is 2. The third kappa shape index (κ3) is 13.0. The van der Waals surface area contributed by atoms with Gasteiger partial charge in [0.15, 0.2) is 12.2 Å².